The van der Waals surface area contributed by atoms with Gasteiger partial charge in [0, 0.05) is 10.0 Å². The van der Waals surface area contributed by atoms with E-state index in [2.05, 4.69) is 5.32 Å². The van der Waals surface area contributed by atoms with Gasteiger partial charge in [0.1, 0.15) is 17.2 Å². The van der Waals surface area contributed by atoms with Gasteiger partial charge in [-0.05, 0) is 73.9 Å². The molecule has 1 atom stereocenters. The van der Waals surface area contributed by atoms with E-state index in [4.69, 9.17) is 27.9 Å². The van der Waals surface area contributed by atoms with Crippen LogP contribution in [0.1, 0.15) is 29.7 Å². The highest BCUT2D eigenvalue weighted by atomic mass is 35.5. The summed E-state index contributed by atoms with van der Waals surface area (Å²) in [5.74, 6) is -0.293. The lowest BCUT2D eigenvalue weighted by Crippen LogP contribution is -2.41. The molecule has 0 bridgehead atoms. The van der Waals surface area contributed by atoms with E-state index in [1.54, 1.807) is 55.5 Å². The monoisotopic (exact) mass is 520 g/mol. The van der Waals surface area contributed by atoms with Crippen LogP contribution in [0.25, 0.3) is 0 Å². The van der Waals surface area contributed by atoms with E-state index < -0.39 is 22.5 Å². The van der Waals surface area contributed by atoms with Gasteiger partial charge in [-0.1, -0.05) is 47.5 Å². The van der Waals surface area contributed by atoms with Crippen LogP contribution in [0, 0.1) is 13.8 Å². The lowest BCUT2D eigenvalue weighted by Gasteiger charge is -2.26. The summed E-state index contributed by atoms with van der Waals surface area (Å²) in [5.41, 5.74) is 2.64. The van der Waals surface area contributed by atoms with Crippen LogP contribution in [0.5, 0.6) is 5.75 Å². The molecule has 0 aliphatic rings. The number of hydrogen-bond donors (Lipinski definition) is 1. The zero-order chi connectivity index (χ0) is 25.0. The zero-order valence-electron chi connectivity index (χ0n) is 19.3. The molecule has 6 nitrogen and oxygen atoms in total. The molecular weight excluding hydrogens is 495 g/mol. The Balaban J connectivity index is 1.99. The van der Waals surface area contributed by atoms with Gasteiger partial charge >= 0.3 is 0 Å². The van der Waals surface area contributed by atoms with Crippen molar-refractivity contribution in [2.24, 2.45) is 0 Å². The quantitative estimate of drug-likeness (QED) is 0.413. The maximum atomic E-state index is 13.8. The second-order valence-corrected chi connectivity index (χ2v) is 10.6. The predicted molar refractivity (Wildman–Crippen MR) is 136 cm³/mol. The maximum Gasteiger partial charge on any atom is 0.268 e. The van der Waals surface area contributed by atoms with E-state index in [0.717, 1.165) is 21.0 Å². The van der Waals surface area contributed by atoms with Gasteiger partial charge in [0.2, 0.25) is 5.91 Å². The number of nitrogens with one attached hydrogen (secondary N) is 1. The molecule has 3 aromatic carbocycles. The third kappa shape index (κ3) is 5.84. The number of ether oxygens (including phenoxy) is 1. The molecule has 0 radical (unpaired) electrons. The highest BCUT2D eigenvalue weighted by Crippen LogP contribution is 2.32. The van der Waals surface area contributed by atoms with Gasteiger partial charge < -0.3 is 10.1 Å². The van der Waals surface area contributed by atoms with Crippen molar-refractivity contribution in [3.63, 3.8) is 0 Å². The summed E-state index contributed by atoms with van der Waals surface area (Å²) in [7, 11) is -2.78. The van der Waals surface area contributed by atoms with E-state index in [-0.39, 0.29) is 22.4 Å². The Morgan fingerprint density at radius 3 is 2.32 bits per heavy atom. The Hall–Kier alpha value is -2.74. The van der Waals surface area contributed by atoms with Crippen molar-refractivity contribution in [2.75, 3.05) is 18.0 Å². The Morgan fingerprint density at radius 1 is 1.03 bits per heavy atom. The lowest BCUT2D eigenvalue weighted by atomic mass is 10.1. The fourth-order valence-electron chi connectivity index (χ4n) is 3.41. The number of aryl methyl sites for hydroxylation is 2. The van der Waals surface area contributed by atoms with Crippen LogP contribution in [0.15, 0.2) is 65.6 Å². The highest BCUT2D eigenvalue weighted by Gasteiger charge is 2.31. The number of methoxy groups -OCH3 is 1. The standard InChI is InChI=1S/C25H26Cl2N2O4S/c1-16-5-12-23(33-4)24(13-16)34(31,32)29(21-11-6-17(2)22(27)14-21)15-25(30)28-18(3)19-7-9-20(26)10-8-19/h5-14,18H,15H2,1-4H3,(H,28,30)/t18-/m0/s1. The third-order valence-corrected chi connectivity index (χ3v) is 7.82. The van der Waals surface area contributed by atoms with Crippen LogP contribution in [-0.2, 0) is 14.8 Å². The lowest BCUT2D eigenvalue weighted by molar-refractivity contribution is -0.120. The molecule has 0 saturated heterocycles. The Labute approximate surface area is 210 Å². The minimum absolute atomic E-state index is 0.0368. The first-order valence-electron chi connectivity index (χ1n) is 10.5. The predicted octanol–water partition coefficient (Wildman–Crippen LogP) is 5.69. The van der Waals surface area contributed by atoms with Crippen LogP contribution in [0.4, 0.5) is 5.69 Å². The van der Waals surface area contributed by atoms with Gasteiger partial charge in [-0.3, -0.25) is 9.10 Å². The van der Waals surface area contributed by atoms with Crippen molar-refractivity contribution >= 4 is 44.8 Å². The van der Waals surface area contributed by atoms with Crippen LogP contribution in [-0.4, -0.2) is 28.0 Å². The summed E-state index contributed by atoms with van der Waals surface area (Å²) >= 11 is 12.2. The largest absolute Gasteiger partial charge is 0.495 e. The number of nitrogens with zero attached hydrogens (tertiary/aromatic N) is 1. The highest BCUT2D eigenvalue weighted by molar-refractivity contribution is 7.93. The molecule has 3 rings (SSSR count). The smallest absolute Gasteiger partial charge is 0.268 e. The minimum atomic E-state index is -4.18. The van der Waals surface area contributed by atoms with E-state index in [0.29, 0.717) is 10.0 Å². The molecule has 9 heteroatoms. The first-order valence-corrected chi connectivity index (χ1v) is 12.7. The molecule has 0 fully saturated rings. The first kappa shape index (κ1) is 25.9. The fourth-order valence-corrected chi connectivity index (χ4v) is 5.37. The van der Waals surface area contributed by atoms with E-state index in [1.807, 2.05) is 13.8 Å². The Bertz CT molecular complexity index is 1290. The van der Waals surface area contributed by atoms with Gasteiger partial charge in [0.05, 0.1) is 18.8 Å². The number of anilines is 1. The summed E-state index contributed by atoms with van der Waals surface area (Å²) in [6, 6.07) is 16.4. The normalized spacial score (nSPS) is 12.2. The van der Waals surface area contributed by atoms with Crippen molar-refractivity contribution in [3.05, 3.63) is 87.4 Å². The van der Waals surface area contributed by atoms with Crippen molar-refractivity contribution in [1.29, 1.82) is 0 Å². The molecule has 34 heavy (non-hydrogen) atoms. The second-order valence-electron chi connectivity index (χ2n) is 7.94. The number of carbonyl (C=O) groups is 1. The van der Waals surface area contributed by atoms with Crippen LogP contribution in [0.2, 0.25) is 10.0 Å². The van der Waals surface area contributed by atoms with Crippen LogP contribution >= 0.6 is 23.2 Å². The van der Waals surface area contributed by atoms with Crippen molar-refractivity contribution in [3.8, 4) is 5.75 Å². The molecule has 0 saturated carbocycles. The molecule has 180 valence electrons. The molecule has 0 aliphatic carbocycles. The average Bonchev–Trinajstić information content (AvgIpc) is 2.79. The number of amides is 1. The van der Waals surface area contributed by atoms with E-state index in [1.165, 1.54) is 19.2 Å². The zero-order valence-corrected chi connectivity index (χ0v) is 21.6. The number of hydrogen-bond acceptors (Lipinski definition) is 4. The molecule has 0 aliphatic heterocycles. The second kappa shape index (κ2) is 10.7. The SMILES string of the molecule is COc1ccc(C)cc1S(=O)(=O)N(CC(=O)N[C@@H](C)c1ccc(Cl)cc1)c1ccc(C)c(Cl)c1. The molecule has 0 aromatic heterocycles. The number of halogens is 2. The average molecular weight is 521 g/mol. The Morgan fingerprint density at radius 2 is 1.71 bits per heavy atom. The number of benzene rings is 3. The van der Waals surface area contributed by atoms with Gasteiger partial charge in [-0.15, -0.1) is 0 Å². The molecule has 0 unspecified atom stereocenters. The van der Waals surface area contributed by atoms with Crippen molar-refractivity contribution in [1.82, 2.24) is 5.32 Å². The topological polar surface area (TPSA) is 75.7 Å². The first-order chi connectivity index (χ1) is 16.0. The van der Waals surface area contributed by atoms with Crippen molar-refractivity contribution < 1.29 is 17.9 Å². The van der Waals surface area contributed by atoms with E-state index in [9.17, 15) is 13.2 Å². The molecule has 0 spiro atoms. The summed E-state index contributed by atoms with van der Waals surface area (Å²) in [6.07, 6.45) is 0. The minimum Gasteiger partial charge on any atom is -0.495 e. The van der Waals surface area contributed by atoms with Gasteiger partial charge in [0.15, 0.2) is 0 Å². The number of carbonyl (C=O) groups excluding carboxylic acids is 1. The van der Waals surface area contributed by atoms with E-state index >= 15 is 0 Å². The maximum absolute atomic E-state index is 13.8. The fraction of sp³-hybridized carbons (Fsp3) is 0.240. The molecular formula is C25H26Cl2N2O4S. The Kier molecular flexibility index (Phi) is 8.13. The number of rotatable bonds is 8. The summed E-state index contributed by atoms with van der Waals surface area (Å²) < 4.78 is 33.9. The molecule has 3 aromatic rings. The molecule has 1 amide bonds. The summed E-state index contributed by atoms with van der Waals surface area (Å²) in [4.78, 5) is 13.0. The van der Waals surface area contributed by atoms with Gasteiger partial charge in [-0.2, -0.15) is 0 Å². The van der Waals surface area contributed by atoms with Crippen molar-refractivity contribution in [2.45, 2.75) is 31.7 Å². The summed E-state index contributed by atoms with van der Waals surface area (Å²) in [6.45, 7) is 4.96. The van der Waals surface area contributed by atoms with Gasteiger partial charge in [0.25, 0.3) is 10.0 Å². The van der Waals surface area contributed by atoms with Gasteiger partial charge in [-0.25, -0.2) is 8.42 Å². The summed E-state index contributed by atoms with van der Waals surface area (Å²) in [5, 5.41) is 3.83. The molecule has 1 N–H and O–H groups in total. The van der Waals surface area contributed by atoms with Crippen LogP contribution in [0.3, 0.4) is 0 Å². The third-order valence-electron chi connectivity index (χ3n) is 5.37. The van der Waals surface area contributed by atoms with Crippen LogP contribution < -0.4 is 14.4 Å². The molecule has 0 heterocycles. The number of sulfonamides is 1.